The summed E-state index contributed by atoms with van der Waals surface area (Å²) >= 11 is 0. The third-order valence-electron chi connectivity index (χ3n) is 3.30. The molecule has 0 N–H and O–H groups in total. The van der Waals surface area contributed by atoms with Gasteiger partial charge in [-0.25, -0.2) is 0 Å². The van der Waals surface area contributed by atoms with Crippen molar-refractivity contribution in [3.8, 4) is 18.1 Å². The van der Waals surface area contributed by atoms with Gasteiger partial charge in [0.2, 0.25) is 0 Å². The molecule has 2 nitrogen and oxygen atoms in total. The van der Waals surface area contributed by atoms with E-state index in [1.807, 2.05) is 18.2 Å². The average Bonchev–Trinajstić information content (AvgIpc) is 2.35. The van der Waals surface area contributed by atoms with Crippen molar-refractivity contribution >= 4 is 5.69 Å². The Kier molecular flexibility index (Phi) is 3.39. The largest absolute Gasteiger partial charge is 0.497 e. The van der Waals surface area contributed by atoms with Gasteiger partial charge in [0.1, 0.15) is 5.75 Å². The maximum atomic E-state index is 5.36. The van der Waals surface area contributed by atoms with Gasteiger partial charge in [-0.05, 0) is 24.3 Å². The Balaban J connectivity index is 2.08. The normalized spacial score (nSPS) is 22.5. The van der Waals surface area contributed by atoms with Gasteiger partial charge in [-0.3, -0.25) is 0 Å². The highest BCUT2D eigenvalue weighted by Crippen LogP contribution is 2.34. The van der Waals surface area contributed by atoms with Crippen molar-refractivity contribution < 1.29 is 4.74 Å². The molecule has 17 heavy (non-hydrogen) atoms. The van der Waals surface area contributed by atoms with Crippen LogP contribution < -0.4 is 9.64 Å². The lowest BCUT2D eigenvalue weighted by atomic mass is 9.85. The summed E-state index contributed by atoms with van der Waals surface area (Å²) in [6.45, 7) is 4.90. The second kappa shape index (κ2) is 4.97. The lowest BCUT2D eigenvalue weighted by molar-refractivity contribution is 0.348. The lowest BCUT2D eigenvalue weighted by Crippen LogP contribution is -2.55. The van der Waals surface area contributed by atoms with Crippen LogP contribution in [0.15, 0.2) is 36.9 Å². The van der Waals surface area contributed by atoms with E-state index >= 15 is 0 Å². The fourth-order valence-corrected chi connectivity index (χ4v) is 2.31. The molecular weight excluding hydrogens is 210 g/mol. The average molecular weight is 227 g/mol. The predicted octanol–water partition coefficient (Wildman–Crippen LogP) is 2.71. The number of benzene rings is 1. The van der Waals surface area contributed by atoms with Crippen molar-refractivity contribution in [1.29, 1.82) is 0 Å². The first-order valence-corrected chi connectivity index (χ1v) is 5.77. The number of methoxy groups -OCH3 is 1. The van der Waals surface area contributed by atoms with Crippen LogP contribution in [0.5, 0.6) is 5.75 Å². The number of ether oxygens (including phenoxy) is 1. The van der Waals surface area contributed by atoms with Crippen LogP contribution in [0.1, 0.15) is 6.42 Å². The van der Waals surface area contributed by atoms with E-state index < -0.39 is 0 Å². The molecule has 2 atom stereocenters. The molecule has 0 amide bonds. The van der Waals surface area contributed by atoms with E-state index in [0.717, 1.165) is 18.7 Å². The van der Waals surface area contributed by atoms with Gasteiger partial charge in [0.05, 0.1) is 13.2 Å². The van der Waals surface area contributed by atoms with Gasteiger partial charge < -0.3 is 9.64 Å². The molecule has 1 aromatic carbocycles. The van der Waals surface area contributed by atoms with E-state index in [0.29, 0.717) is 12.0 Å². The van der Waals surface area contributed by atoms with Crippen LogP contribution in [0.4, 0.5) is 5.69 Å². The molecule has 1 heterocycles. The molecule has 0 aliphatic carbocycles. The maximum Gasteiger partial charge on any atom is 0.119 e. The molecule has 1 aliphatic heterocycles. The van der Waals surface area contributed by atoms with Crippen LogP contribution in [0.2, 0.25) is 0 Å². The molecule has 2 heteroatoms. The number of rotatable bonds is 4. The van der Waals surface area contributed by atoms with E-state index in [9.17, 15) is 0 Å². The molecule has 0 spiro atoms. The Morgan fingerprint density at radius 2 is 2.24 bits per heavy atom. The molecule has 1 aromatic rings. The van der Waals surface area contributed by atoms with E-state index in [2.05, 4.69) is 29.5 Å². The summed E-state index contributed by atoms with van der Waals surface area (Å²) in [5.74, 6) is 4.15. The van der Waals surface area contributed by atoms with E-state index in [-0.39, 0.29) is 0 Å². The second-order valence-electron chi connectivity index (χ2n) is 4.25. The van der Waals surface area contributed by atoms with E-state index in [1.165, 1.54) is 5.69 Å². The summed E-state index contributed by atoms with van der Waals surface area (Å²) in [7, 11) is 1.67. The van der Waals surface area contributed by atoms with Crippen molar-refractivity contribution in [1.82, 2.24) is 0 Å². The minimum atomic E-state index is 0.361. The van der Waals surface area contributed by atoms with Crippen molar-refractivity contribution in [2.75, 3.05) is 18.6 Å². The molecule has 2 rings (SSSR count). The SMILES string of the molecule is C#CC[C@@H]1CN(c2ccc(OC)cc2)[C@@H]1C=C. The van der Waals surface area contributed by atoms with Gasteiger partial charge in [0, 0.05) is 24.6 Å². The van der Waals surface area contributed by atoms with E-state index in [1.54, 1.807) is 7.11 Å². The minimum absolute atomic E-state index is 0.361. The summed E-state index contributed by atoms with van der Waals surface area (Å²) in [5, 5.41) is 0. The summed E-state index contributed by atoms with van der Waals surface area (Å²) in [5.41, 5.74) is 1.20. The number of nitrogens with zero attached hydrogens (tertiary/aromatic N) is 1. The van der Waals surface area contributed by atoms with Crippen molar-refractivity contribution in [3.63, 3.8) is 0 Å². The molecule has 1 aliphatic rings. The topological polar surface area (TPSA) is 12.5 Å². The standard InChI is InChI=1S/C15H17NO/c1-4-6-12-11-16(15(12)5-2)13-7-9-14(17-3)10-8-13/h1,5,7-10,12,15H,2,6,11H2,3H3/t12-,15-/m1/s1. The third-order valence-corrected chi connectivity index (χ3v) is 3.30. The van der Waals surface area contributed by atoms with Crippen LogP contribution in [0, 0.1) is 18.3 Å². The first-order valence-electron chi connectivity index (χ1n) is 5.77. The van der Waals surface area contributed by atoms with Crippen LogP contribution in [-0.2, 0) is 0 Å². The van der Waals surface area contributed by atoms with Crippen LogP contribution in [0.25, 0.3) is 0 Å². The summed E-state index contributed by atoms with van der Waals surface area (Å²) in [6.07, 6.45) is 8.16. The maximum absolute atomic E-state index is 5.36. The highest BCUT2D eigenvalue weighted by Gasteiger charge is 2.35. The molecule has 0 aromatic heterocycles. The Hall–Kier alpha value is -1.88. The summed E-state index contributed by atoms with van der Waals surface area (Å²) in [6, 6.07) is 8.45. The van der Waals surface area contributed by atoms with Crippen LogP contribution >= 0.6 is 0 Å². The zero-order chi connectivity index (χ0) is 12.3. The van der Waals surface area contributed by atoms with Crippen molar-refractivity contribution in [2.24, 2.45) is 5.92 Å². The van der Waals surface area contributed by atoms with Gasteiger partial charge in [0.25, 0.3) is 0 Å². The molecule has 1 fully saturated rings. The smallest absolute Gasteiger partial charge is 0.119 e. The second-order valence-corrected chi connectivity index (χ2v) is 4.25. The highest BCUT2D eigenvalue weighted by molar-refractivity contribution is 5.53. The molecule has 88 valence electrons. The van der Waals surface area contributed by atoms with Crippen LogP contribution in [0.3, 0.4) is 0 Å². The molecule has 0 bridgehead atoms. The number of hydrogen-bond donors (Lipinski definition) is 0. The fraction of sp³-hybridized carbons (Fsp3) is 0.333. The van der Waals surface area contributed by atoms with Gasteiger partial charge in [-0.15, -0.1) is 18.9 Å². The molecule has 1 saturated heterocycles. The van der Waals surface area contributed by atoms with Gasteiger partial charge in [-0.2, -0.15) is 0 Å². The summed E-state index contributed by atoms with van der Waals surface area (Å²) in [4.78, 5) is 2.31. The summed E-state index contributed by atoms with van der Waals surface area (Å²) < 4.78 is 5.15. The van der Waals surface area contributed by atoms with E-state index in [4.69, 9.17) is 11.2 Å². The van der Waals surface area contributed by atoms with Crippen molar-refractivity contribution in [2.45, 2.75) is 12.5 Å². The van der Waals surface area contributed by atoms with Gasteiger partial charge in [0.15, 0.2) is 0 Å². The van der Waals surface area contributed by atoms with Gasteiger partial charge in [-0.1, -0.05) is 6.08 Å². The Bertz CT molecular complexity index is 429. The third kappa shape index (κ3) is 2.14. The minimum Gasteiger partial charge on any atom is -0.497 e. The van der Waals surface area contributed by atoms with Crippen molar-refractivity contribution in [3.05, 3.63) is 36.9 Å². The first-order chi connectivity index (χ1) is 8.30. The monoisotopic (exact) mass is 227 g/mol. The van der Waals surface area contributed by atoms with Crippen LogP contribution in [-0.4, -0.2) is 19.7 Å². The highest BCUT2D eigenvalue weighted by atomic mass is 16.5. The Morgan fingerprint density at radius 3 is 2.76 bits per heavy atom. The number of terminal acetylenes is 1. The van der Waals surface area contributed by atoms with Gasteiger partial charge >= 0.3 is 0 Å². The molecule has 0 radical (unpaired) electrons. The zero-order valence-corrected chi connectivity index (χ0v) is 10.1. The fourth-order valence-electron chi connectivity index (χ4n) is 2.31. The quantitative estimate of drug-likeness (QED) is 0.579. The molecule has 0 saturated carbocycles. The predicted molar refractivity (Wildman–Crippen MR) is 71.3 cm³/mol. The Morgan fingerprint density at radius 1 is 1.53 bits per heavy atom. The molecular formula is C15H17NO. The lowest BCUT2D eigenvalue weighted by Gasteiger charge is -2.48. The first kappa shape index (κ1) is 11.6. The molecule has 0 unspecified atom stereocenters. The number of anilines is 1. The Labute approximate surface area is 103 Å². The zero-order valence-electron chi connectivity index (χ0n) is 10.1. The number of hydrogen-bond acceptors (Lipinski definition) is 2.